The van der Waals surface area contributed by atoms with Crippen LogP contribution in [0.15, 0.2) is 53.6 Å². The molecular weight excluding hydrogens is 289 g/mol. The van der Waals surface area contributed by atoms with E-state index in [1.165, 1.54) is 18.3 Å². The molecule has 6 heteroatoms. The third kappa shape index (κ3) is 3.74. The zero-order valence-electron chi connectivity index (χ0n) is 10.2. The Labute approximate surface area is 118 Å². The van der Waals surface area contributed by atoms with Gasteiger partial charge in [0.1, 0.15) is 0 Å². The number of hydrazone groups is 1. The van der Waals surface area contributed by atoms with Crippen molar-refractivity contribution in [3.8, 4) is 0 Å². The largest absolute Gasteiger partial charge is 0.417 e. The lowest BCUT2D eigenvalue weighted by atomic mass is 10.1. The van der Waals surface area contributed by atoms with Gasteiger partial charge in [0.05, 0.1) is 22.5 Å². The van der Waals surface area contributed by atoms with Crippen molar-refractivity contribution in [1.29, 1.82) is 0 Å². The van der Waals surface area contributed by atoms with Gasteiger partial charge >= 0.3 is 6.18 Å². The first-order valence-corrected chi connectivity index (χ1v) is 6.05. The number of anilines is 1. The summed E-state index contributed by atoms with van der Waals surface area (Å²) >= 11 is 5.61. The van der Waals surface area contributed by atoms with Crippen molar-refractivity contribution < 1.29 is 13.2 Å². The Bertz CT molecular complexity index is 610. The van der Waals surface area contributed by atoms with Crippen molar-refractivity contribution in [2.75, 3.05) is 5.43 Å². The van der Waals surface area contributed by atoms with E-state index in [9.17, 15) is 13.2 Å². The SMILES string of the molecule is FC(F)(F)c1ccc(C=NNc2ccccc2)cc1Cl. The smallest absolute Gasteiger partial charge is 0.279 e. The zero-order chi connectivity index (χ0) is 14.6. The molecule has 2 aromatic carbocycles. The molecule has 2 nitrogen and oxygen atoms in total. The highest BCUT2D eigenvalue weighted by atomic mass is 35.5. The maximum Gasteiger partial charge on any atom is 0.417 e. The molecule has 0 unspecified atom stereocenters. The Hall–Kier alpha value is -2.01. The van der Waals surface area contributed by atoms with Gasteiger partial charge in [-0.05, 0) is 29.8 Å². The summed E-state index contributed by atoms with van der Waals surface area (Å²) in [5.74, 6) is 0. The number of nitrogens with zero attached hydrogens (tertiary/aromatic N) is 1. The second-order valence-electron chi connectivity index (χ2n) is 3.97. The molecular formula is C14H10ClF3N2. The van der Waals surface area contributed by atoms with E-state index in [0.29, 0.717) is 5.56 Å². The molecule has 1 N–H and O–H groups in total. The molecule has 20 heavy (non-hydrogen) atoms. The van der Waals surface area contributed by atoms with Crippen molar-refractivity contribution in [1.82, 2.24) is 0 Å². The summed E-state index contributed by atoms with van der Waals surface area (Å²) in [5.41, 5.74) is 3.16. The van der Waals surface area contributed by atoms with Crippen LogP contribution in [0.2, 0.25) is 5.02 Å². The van der Waals surface area contributed by atoms with Crippen LogP contribution in [0.4, 0.5) is 18.9 Å². The van der Waals surface area contributed by atoms with Gasteiger partial charge in [-0.1, -0.05) is 35.9 Å². The van der Waals surface area contributed by atoms with E-state index >= 15 is 0 Å². The predicted octanol–water partition coefficient (Wildman–Crippen LogP) is 4.80. The second-order valence-corrected chi connectivity index (χ2v) is 4.38. The molecule has 2 rings (SSSR count). The average Bonchev–Trinajstić information content (AvgIpc) is 2.38. The fourth-order valence-electron chi connectivity index (χ4n) is 1.54. The second kappa shape index (κ2) is 5.96. The first-order chi connectivity index (χ1) is 9.47. The topological polar surface area (TPSA) is 24.4 Å². The molecule has 0 atom stereocenters. The minimum Gasteiger partial charge on any atom is -0.279 e. The fourth-order valence-corrected chi connectivity index (χ4v) is 1.83. The number of benzene rings is 2. The lowest BCUT2D eigenvalue weighted by molar-refractivity contribution is -0.137. The first kappa shape index (κ1) is 14.4. The molecule has 0 radical (unpaired) electrons. The third-order valence-electron chi connectivity index (χ3n) is 2.48. The minimum atomic E-state index is -4.45. The Balaban J connectivity index is 2.09. The van der Waals surface area contributed by atoms with Crippen molar-refractivity contribution in [3.05, 3.63) is 64.7 Å². The maximum atomic E-state index is 12.5. The minimum absolute atomic E-state index is 0.346. The van der Waals surface area contributed by atoms with Crippen LogP contribution in [0.5, 0.6) is 0 Å². The van der Waals surface area contributed by atoms with Crippen molar-refractivity contribution >= 4 is 23.5 Å². The molecule has 0 aromatic heterocycles. The van der Waals surface area contributed by atoms with Gasteiger partial charge in [0.15, 0.2) is 0 Å². The van der Waals surface area contributed by atoms with Gasteiger partial charge in [-0.3, -0.25) is 5.43 Å². The molecule has 0 fully saturated rings. The predicted molar refractivity (Wildman–Crippen MR) is 74.1 cm³/mol. The molecule has 0 aliphatic heterocycles. The summed E-state index contributed by atoms with van der Waals surface area (Å²) in [7, 11) is 0. The maximum absolute atomic E-state index is 12.5. The number of para-hydroxylation sites is 1. The monoisotopic (exact) mass is 298 g/mol. The molecule has 0 aliphatic rings. The van der Waals surface area contributed by atoms with E-state index < -0.39 is 11.7 Å². The summed E-state index contributed by atoms with van der Waals surface area (Å²) in [4.78, 5) is 0. The Morgan fingerprint density at radius 2 is 1.75 bits per heavy atom. The highest BCUT2D eigenvalue weighted by molar-refractivity contribution is 6.31. The quantitative estimate of drug-likeness (QED) is 0.638. The fraction of sp³-hybridized carbons (Fsp3) is 0.0714. The van der Waals surface area contributed by atoms with Crippen LogP contribution < -0.4 is 5.43 Å². The molecule has 0 spiro atoms. The molecule has 0 saturated heterocycles. The highest BCUT2D eigenvalue weighted by Gasteiger charge is 2.32. The van der Waals surface area contributed by atoms with Crippen LogP contribution in [0, 0.1) is 0 Å². The molecule has 0 bridgehead atoms. The van der Waals surface area contributed by atoms with E-state index in [1.54, 1.807) is 0 Å². The number of hydrogen-bond donors (Lipinski definition) is 1. The Morgan fingerprint density at radius 3 is 2.35 bits per heavy atom. The Morgan fingerprint density at radius 1 is 1.05 bits per heavy atom. The van der Waals surface area contributed by atoms with Crippen LogP contribution in [0.3, 0.4) is 0 Å². The number of alkyl halides is 3. The molecule has 2 aromatic rings. The molecule has 104 valence electrons. The van der Waals surface area contributed by atoms with Crippen molar-refractivity contribution in [3.63, 3.8) is 0 Å². The molecule has 0 amide bonds. The van der Waals surface area contributed by atoms with Crippen LogP contribution in [-0.2, 0) is 6.18 Å². The van der Waals surface area contributed by atoms with Crippen LogP contribution in [-0.4, -0.2) is 6.21 Å². The number of halogens is 4. The van der Waals surface area contributed by atoms with Gasteiger partial charge in [0.2, 0.25) is 0 Å². The van der Waals surface area contributed by atoms with Gasteiger partial charge in [-0.15, -0.1) is 0 Å². The van der Waals surface area contributed by atoms with E-state index in [1.807, 2.05) is 30.3 Å². The van der Waals surface area contributed by atoms with Gasteiger partial charge in [0.25, 0.3) is 0 Å². The number of hydrogen-bond acceptors (Lipinski definition) is 2. The normalized spacial score (nSPS) is 11.8. The highest BCUT2D eigenvalue weighted by Crippen LogP contribution is 2.34. The van der Waals surface area contributed by atoms with Crippen molar-refractivity contribution in [2.45, 2.75) is 6.18 Å². The first-order valence-electron chi connectivity index (χ1n) is 5.68. The van der Waals surface area contributed by atoms with Crippen LogP contribution in [0.1, 0.15) is 11.1 Å². The Kier molecular flexibility index (Phi) is 4.29. The summed E-state index contributed by atoms with van der Waals surface area (Å²) in [6.07, 6.45) is -3.05. The number of rotatable bonds is 3. The van der Waals surface area contributed by atoms with E-state index in [4.69, 9.17) is 11.6 Å². The summed E-state index contributed by atoms with van der Waals surface area (Å²) in [6, 6.07) is 12.6. The zero-order valence-corrected chi connectivity index (χ0v) is 10.9. The third-order valence-corrected chi connectivity index (χ3v) is 2.79. The molecule has 0 aliphatic carbocycles. The van der Waals surface area contributed by atoms with E-state index in [-0.39, 0.29) is 5.02 Å². The van der Waals surface area contributed by atoms with Gasteiger partial charge < -0.3 is 0 Å². The summed E-state index contributed by atoms with van der Waals surface area (Å²) < 4.78 is 37.6. The van der Waals surface area contributed by atoms with E-state index in [0.717, 1.165) is 11.8 Å². The standard InChI is InChI=1S/C14H10ClF3N2/c15-13-8-10(6-7-12(13)14(16,17)18)9-19-20-11-4-2-1-3-5-11/h1-9,20H. The molecule has 0 heterocycles. The van der Waals surface area contributed by atoms with Crippen LogP contribution in [0.25, 0.3) is 0 Å². The van der Waals surface area contributed by atoms with Gasteiger partial charge in [-0.25, -0.2) is 0 Å². The van der Waals surface area contributed by atoms with Gasteiger partial charge in [0, 0.05) is 0 Å². The summed E-state index contributed by atoms with van der Waals surface area (Å²) in [6.45, 7) is 0. The summed E-state index contributed by atoms with van der Waals surface area (Å²) in [5, 5.41) is 3.58. The lowest BCUT2D eigenvalue weighted by Crippen LogP contribution is -2.06. The van der Waals surface area contributed by atoms with Gasteiger partial charge in [-0.2, -0.15) is 18.3 Å². The van der Waals surface area contributed by atoms with Crippen LogP contribution >= 0.6 is 11.6 Å². The van der Waals surface area contributed by atoms with Crippen molar-refractivity contribution in [2.24, 2.45) is 5.10 Å². The number of nitrogens with one attached hydrogen (secondary N) is 1. The lowest BCUT2D eigenvalue weighted by Gasteiger charge is -2.08. The average molecular weight is 299 g/mol. The molecule has 0 saturated carbocycles. The van der Waals surface area contributed by atoms with E-state index in [2.05, 4.69) is 10.5 Å².